The summed E-state index contributed by atoms with van der Waals surface area (Å²) in [4.78, 5) is 2.37. The third kappa shape index (κ3) is 2.99. The van der Waals surface area contributed by atoms with E-state index in [1.165, 1.54) is 18.4 Å². The van der Waals surface area contributed by atoms with Crippen molar-refractivity contribution in [2.45, 2.75) is 44.2 Å². The monoisotopic (exact) mass is 274 g/mol. The van der Waals surface area contributed by atoms with E-state index in [0.29, 0.717) is 6.10 Å². The Hall–Kier alpha value is -1.06. The number of ether oxygens (including phenoxy) is 1. The van der Waals surface area contributed by atoms with Crippen LogP contribution in [-0.4, -0.2) is 37.7 Å². The van der Waals surface area contributed by atoms with Gasteiger partial charge in [0.2, 0.25) is 0 Å². The van der Waals surface area contributed by atoms with E-state index in [2.05, 4.69) is 48.5 Å². The Balaban J connectivity index is 1.61. The van der Waals surface area contributed by atoms with E-state index in [1.807, 2.05) is 0 Å². The normalized spacial score (nSPS) is 28.7. The van der Waals surface area contributed by atoms with Gasteiger partial charge in [0.25, 0.3) is 0 Å². The average molecular weight is 274 g/mol. The zero-order chi connectivity index (χ0) is 14.0. The molecule has 2 fully saturated rings. The van der Waals surface area contributed by atoms with Gasteiger partial charge in [-0.25, -0.2) is 0 Å². The van der Waals surface area contributed by atoms with Crippen molar-refractivity contribution in [1.29, 1.82) is 0 Å². The maximum absolute atomic E-state index is 6.11. The molecule has 0 aromatic heterocycles. The van der Waals surface area contributed by atoms with Gasteiger partial charge in [0, 0.05) is 18.6 Å². The molecule has 2 aliphatic heterocycles. The van der Waals surface area contributed by atoms with E-state index < -0.39 is 0 Å². The molecule has 3 heteroatoms. The molecule has 1 aromatic carbocycles. The lowest BCUT2D eigenvalue weighted by Gasteiger charge is -2.29. The molecule has 1 aromatic rings. The fourth-order valence-electron chi connectivity index (χ4n) is 3.34. The van der Waals surface area contributed by atoms with Crippen LogP contribution in [0.1, 0.15) is 38.2 Å². The molecule has 0 aliphatic carbocycles. The molecule has 2 aliphatic rings. The van der Waals surface area contributed by atoms with Gasteiger partial charge in [0.1, 0.15) is 11.9 Å². The third-order valence-corrected chi connectivity index (χ3v) is 4.83. The van der Waals surface area contributed by atoms with Crippen LogP contribution in [0.25, 0.3) is 0 Å². The number of hydrogen-bond donors (Lipinski definition) is 1. The molecule has 0 amide bonds. The summed E-state index contributed by atoms with van der Waals surface area (Å²) in [5, 5.41) is 3.61. The Kier molecular flexibility index (Phi) is 3.99. The minimum absolute atomic E-state index is 0.159. The van der Waals surface area contributed by atoms with Crippen LogP contribution in [0.4, 0.5) is 0 Å². The topological polar surface area (TPSA) is 24.5 Å². The van der Waals surface area contributed by atoms with Gasteiger partial charge in [-0.1, -0.05) is 12.1 Å². The van der Waals surface area contributed by atoms with Crippen molar-refractivity contribution in [1.82, 2.24) is 10.2 Å². The predicted octanol–water partition coefficient (Wildman–Crippen LogP) is 2.76. The highest BCUT2D eigenvalue weighted by atomic mass is 16.5. The Morgan fingerprint density at radius 3 is 2.50 bits per heavy atom. The van der Waals surface area contributed by atoms with E-state index in [-0.39, 0.29) is 5.54 Å². The Labute approximate surface area is 122 Å². The van der Waals surface area contributed by atoms with Crippen molar-refractivity contribution in [2.75, 3.05) is 26.7 Å². The van der Waals surface area contributed by atoms with Gasteiger partial charge in [-0.15, -0.1) is 0 Å². The number of nitrogens with one attached hydrogen (secondary N) is 1. The van der Waals surface area contributed by atoms with E-state index in [1.54, 1.807) is 0 Å². The van der Waals surface area contributed by atoms with E-state index in [9.17, 15) is 0 Å². The smallest absolute Gasteiger partial charge is 0.119 e. The van der Waals surface area contributed by atoms with Gasteiger partial charge in [-0.2, -0.15) is 0 Å². The number of hydrogen-bond acceptors (Lipinski definition) is 3. The quantitative estimate of drug-likeness (QED) is 0.917. The van der Waals surface area contributed by atoms with Crippen molar-refractivity contribution in [3.8, 4) is 5.75 Å². The van der Waals surface area contributed by atoms with E-state index in [0.717, 1.165) is 38.2 Å². The summed E-state index contributed by atoms with van der Waals surface area (Å²) in [6.07, 6.45) is 5.15. The Morgan fingerprint density at radius 1 is 1.20 bits per heavy atom. The Bertz CT molecular complexity index is 429. The van der Waals surface area contributed by atoms with Crippen molar-refractivity contribution in [3.63, 3.8) is 0 Å². The lowest BCUT2D eigenvalue weighted by atomic mass is 9.90. The number of likely N-dealkylation sites (tertiary alicyclic amines) is 1. The van der Waals surface area contributed by atoms with Crippen LogP contribution in [0.3, 0.4) is 0 Å². The number of rotatable bonds is 3. The lowest BCUT2D eigenvalue weighted by molar-refractivity contribution is 0.114. The molecule has 3 rings (SSSR count). The maximum Gasteiger partial charge on any atom is 0.119 e. The van der Waals surface area contributed by atoms with Gasteiger partial charge >= 0.3 is 0 Å². The van der Waals surface area contributed by atoms with Crippen LogP contribution in [0.15, 0.2) is 24.3 Å². The van der Waals surface area contributed by atoms with Crippen molar-refractivity contribution in [2.24, 2.45) is 0 Å². The number of piperidine rings is 1. The fraction of sp³-hybridized carbons (Fsp3) is 0.647. The molecule has 0 radical (unpaired) electrons. The van der Waals surface area contributed by atoms with Crippen molar-refractivity contribution < 1.29 is 4.74 Å². The average Bonchev–Trinajstić information content (AvgIpc) is 2.90. The predicted molar refractivity (Wildman–Crippen MR) is 82.2 cm³/mol. The van der Waals surface area contributed by atoms with Gasteiger partial charge in [-0.05, 0) is 63.9 Å². The first-order chi connectivity index (χ1) is 9.66. The molecule has 0 bridgehead atoms. The first-order valence-corrected chi connectivity index (χ1v) is 7.86. The SMILES string of the molecule is CN1CCC(Oc2ccc(C3(C)CCCN3)cc2)CC1. The molecular weight excluding hydrogens is 248 g/mol. The lowest BCUT2D eigenvalue weighted by Crippen LogP contribution is -2.35. The van der Waals surface area contributed by atoms with Crippen LogP contribution in [0, 0.1) is 0 Å². The number of nitrogens with zero attached hydrogens (tertiary/aromatic N) is 1. The molecule has 1 unspecified atom stereocenters. The zero-order valence-electron chi connectivity index (χ0n) is 12.7. The highest BCUT2D eigenvalue weighted by Gasteiger charge is 2.29. The summed E-state index contributed by atoms with van der Waals surface area (Å²) in [6.45, 7) is 5.71. The van der Waals surface area contributed by atoms with Crippen LogP contribution in [0.5, 0.6) is 5.75 Å². The first kappa shape index (κ1) is 13.9. The van der Waals surface area contributed by atoms with Crippen molar-refractivity contribution >= 4 is 0 Å². The Morgan fingerprint density at radius 2 is 1.90 bits per heavy atom. The second-order valence-corrected chi connectivity index (χ2v) is 6.51. The van der Waals surface area contributed by atoms with Crippen LogP contribution in [0.2, 0.25) is 0 Å². The fourth-order valence-corrected chi connectivity index (χ4v) is 3.34. The van der Waals surface area contributed by atoms with Crippen molar-refractivity contribution in [3.05, 3.63) is 29.8 Å². The first-order valence-electron chi connectivity index (χ1n) is 7.86. The third-order valence-electron chi connectivity index (χ3n) is 4.83. The molecule has 2 saturated heterocycles. The maximum atomic E-state index is 6.11. The van der Waals surface area contributed by atoms with Gasteiger partial charge in [0.15, 0.2) is 0 Å². The summed E-state index contributed by atoms with van der Waals surface area (Å²) in [5.74, 6) is 1.02. The summed E-state index contributed by atoms with van der Waals surface area (Å²) < 4.78 is 6.11. The van der Waals surface area contributed by atoms with Gasteiger partial charge in [-0.3, -0.25) is 0 Å². The van der Waals surface area contributed by atoms with Crippen LogP contribution < -0.4 is 10.1 Å². The minimum atomic E-state index is 0.159. The zero-order valence-corrected chi connectivity index (χ0v) is 12.7. The highest BCUT2D eigenvalue weighted by molar-refractivity contribution is 5.32. The summed E-state index contributed by atoms with van der Waals surface area (Å²) in [7, 11) is 2.18. The van der Waals surface area contributed by atoms with Gasteiger partial charge < -0.3 is 15.0 Å². The van der Waals surface area contributed by atoms with Gasteiger partial charge in [0.05, 0.1) is 0 Å². The summed E-state index contributed by atoms with van der Waals surface area (Å²) >= 11 is 0. The highest BCUT2D eigenvalue weighted by Crippen LogP contribution is 2.31. The second-order valence-electron chi connectivity index (χ2n) is 6.51. The van der Waals surface area contributed by atoms with E-state index >= 15 is 0 Å². The summed E-state index contributed by atoms with van der Waals surface area (Å²) in [6, 6.07) is 8.73. The second kappa shape index (κ2) is 5.74. The molecule has 20 heavy (non-hydrogen) atoms. The molecule has 2 heterocycles. The molecule has 1 atom stereocenters. The molecule has 0 saturated carbocycles. The molecular formula is C17H26N2O. The number of benzene rings is 1. The minimum Gasteiger partial charge on any atom is -0.490 e. The standard InChI is InChI=1S/C17H26N2O/c1-17(10-3-11-18-17)14-4-6-15(7-5-14)20-16-8-12-19(2)13-9-16/h4-7,16,18H,3,8-13H2,1-2H3. The van der Waals surface area contributed by atoms with E-state index in [4.69, 9.17) is 4.74 Å². The van der Waals surface area contributed by atoms with Crippen LogP contribution in [-0.2, 0) is 5.54 Å². The molecule has 0 spiro atoms. The largest absolute Gasteiger partial charge is 0.490 e. The molecule has 3 nitrogen and oxygen atoms in total. The van der Waals surface area contributed by atoms with Crippen LogP contribution >= 0.6 is 0 Å². The molecule has 1 N–H and O–H groups in total. The summed E-state index contributed by atoms with van der Waals surface area (Å²) in [5.41, 5.74) is 1.54. The molecule has 110 valence electrons.